The lowest BCUT2D eigenvalue weighted by Gasteiger charge is -2.01. The number of carbonyl (C=O) groups excluding carboxylic acids is 1. The van der Waals surface area contributed by atoms with Gasteiger partial charge in [0.2, 0.25) is 0 Å². The van der Waals surface area contributed by atoms with Crippen LogP contribution in [-0.2, 0) is 4.79 Å². The zero-order valence-corrected chi connectivity index (χ0v) is 7.34. The van der Waals surface area contributed by atoms with Gasteiger partial charge in [0.25, 0.3) is 0 Å². The number of carbonyl (C=O) groups is 1. The summed E-state index contributed by atoms with van der Waals surface area (Å²) < 4.78 is 0.972. The first-order chi connectivity index (χ1) is 5.24. The molecule has 0 bridgehead atoms. The molecule has 1 aromatic rings. The van der Waals surface area contributed by atoms with E-state index in [-0.39, 0.29) is 6.04 Å². The molecule has 1 aromatic carbocycles. The monoisotopic (exact) mass is 212 g/mol. The van der Waals surface area contributed by atoms with E-state index in [9.17, 15) is 4.79 Å². The van der Waals surface area contributed by atoms with Crippen LogP contribution in [-0.4, -0.2) is 6.29 Å². The molecule has 1 radical (unpaired) electrons. The lowest BCUT2D eigenvalue weighted by Crippen LogP contribution is -2.11. The van der Waals surface area contributed by atoms with Crippen LogP contribution in [0.3, 0.4) is 0 Å². The molecule has 0 aromatic heterocycles. The Morgan fingerprint density at radius 2 is 1.91 bits per heavy atom. The third-order valence-electron chi connectivity index (χ3n) is 1.30. The molecule has 2 N–H and O–H groups in total. The van der Waals surface area contributed by atoms with Gasteiger partial charge in [0.05, 0.1) is 0 Å². The maximum absolute atomic E-state index is 10.2. The highest BCUT2D eigenvalue weighted by Crippen LogP contribution is 2.13. The van der Waals surface area contributed by atoms with Gasteiger partial charge in [-0.25, -0.2) is 0 Å². The van der Waals surface area contributed by atoms with Crippen LogP contribution < -0.4 is 5.73 Å². The fourth-order valence-electron chi connectivity index (χ4n) is 0.710. The van der Waals surface area contributed by atoms with Gasteiger partial charge in [-0.1, -0.05) is 28.1 Å². The van der Waals surface area contributed by atoms with Crippen LogP contribution in [0.5, 0.6) is 0 Å². The predicted molar refractivity (Wildman–Crippen MR) is 46.7 cm³/mol. The summed E-state index contributed by atoms with van der Waals surface area (Å²) in [6.07, 6.45) is 0.642. The molecule has 11 heavy (non-hydrogen) atoms. The minimum atomic E-state index is 0.262. The second-order valence-electron chi connectivity index (χ2n) is 2.08. The highest BCUT2D eigenvalue weighted by molar-refractivity contribution is 9.10. The van der Waals surface area contributed by atoms with E-state index in [0.29, 0.717) is 6.29 Å². The maximum atomic E-state index is 10.2. The number of benzene rings is 1. The molecule has 0 saturated carbocycles. The molecular weight excluding hydrogens is 206 g/mol. The van der Waals surface area contributed by atoms with Gasteiger partial charge in [-0.3, -0.25) is 0 Å². The third-order valence-corrected chi connectivity index (χ3v) is 1.83. The fourth-order valence-corrected chi connectivity index (χ4v) is 0.975. The molecule has 0 amide bonds. The van der Waals surface area contributed by atoms with Crippen molar-refractivity contribution in [3.63, 3.8) is 0 Å². The van der Waals surface area contributed by atoms with Crippen LogP contribution in [0.4, 0.5) is 0 Å². The quantitative estimate of drug-likeness (QED) is 0.756. The minimum Gasteiger partial charge on any atom is -0.313 e. The van der Waals surface area contributed by atoms with Gasteiger partial charge in [0, 0.05) is 4.47 Å². The summed E-state index contributed by atoms with van der Waals surface area (Å²) in [6.45, 7) is 0. The average Bonchev–Trinajstić information content (AvgIpc) is 2.05. The van der Waals surface area contributed by atoms with Gasteiger partial charge in [0.15, 0.2) is 0 Å². The topological polar surface area (TPSA) is 43.1 Å². The molecule has 0 heterocycles. The molecule has 0 saturated heterocycles. The Kier molecular flexibility index (Phi) is 2.79. The van der Waals surface area contributed by atoms with E-state index in [2.05, 4.69) is 15.9 Å². The van der Waals surface area contributed by atoms with Crippen molar-refractivity contribution < 1.29 is 4.79 Å². The number of hydrogen-bond donors (Lipinski definition) is 1. The largest absolute Gasteiger partial charge is 0.313 e. The highest BCUT2D eigenvalue weighted by atomic mass is 79.9. The van der Waals surface area contributed by atoms with E-state index in [4.69, 9.17) is 5.73 Å². The molecule has 0 unspecified atom stereocenters. The van der Waals surface area contributed by atoms with Crippen molar-refractivity contribution in [2.45, 2.75) is 0 Å². The Balaban J connectivity index is 2.89. The second-order valence-corrected chi connectivity index (χ2v) is 3.00. The van der Waals surface area contributed by atoms with Crippen molar-refractivity contribution >= 4 is 22.2 Å². The Hall–Kier alpha value is -0.670. The maximum Gasteiger partial charge on any atom is 0.147 e. The van der Waals surface area contributed by atoms with Gasteiger partial charge in [0.1, 0.15) is 12.3 Å². The van der Waals surface area contributed by atoms with E-state index in [1.807, 2.05) is 12.1 Å². The van der Waals surface area contributed by atoms with E-state index in [0.717, 1.165) is 10.0 Å². The number of aldehydes is 1. The Morgan fingerprint density at radius 1 is 1.36 bits per heavy atom. The normalized spacial score (nSPS) is 10.1. The number of halogens is 1. The SMILES string of the molecule is N[C](C=O)c1ccc(Br)cc1. The van der Waals surface area contributed by atoms with Crippen molar-refractivity contribution in [3.05, 3.63) is 40.3 Å². The molecule has 0 fully saturated rings. The first-order valence-electron chi connectivity index (χ1n) is 3.07. The molecule has 0 aliphatic rings. The predicted octanol–water partition coefficient (Wildman–Crippen LogP) is 1.49. The summed E-state index contributed by atoms with van der Waals surface area (Å²) >= 11 is 3.28. The zero-order valence-electron chi connectivity index (χ0n) is 5.75. The summed E-state index contributed by atoms with van der Waals surface area (Å²) in [6, 6.07) is 7.51. The van der Waals surface area contributed by atoms with Crippen LogP contribution in [0.2, 0.25) is 0 Å². The first-order valence-corrected chi connectivity index (χ1v) is 3.87. The second kappa shape index (κ2) is 3.64. The van der Waals surface area contributed by atoms with Gasteiger partial charge in [-0.15, -0.1) is 0 Å². The van der Waals surface area contributed by atoms with E-state index < -0.39 is 0 Å². The molecule has 0 aliphatic heterocycles. The van der Waals surface area contributed by atoms with Crippen molar-refractivity contribution in [1.82, 2.24) is 0 Å². The van der Waals surface area contributed by atoms with Crippen molar-refractivity contribution in [3.8, 4) is 0 Å². The Bertz CT molecular complexity index is 245. The molecule has 3 heteroatoms. The number of nitrogens with two attached hydrogens (primary N) is 1. The molecule has 57 valence electrons. The first kappa shape index (κ1) is 8.43. The van der Waals surface area contributed by atoms with E-state index >= 15 is 0 Å². The summed E-state index contributed by atoms with van der Waals surface area (Å²) in [5, 5.41) is 0. The van der Waals surface area contributed by atoms with Crippen LogP contribution in [0.15, 0.2) is 28.7 Å². The van der Waals surface area contributed by atoms with Crippen molar-refractivity contribution in [2.24, 2.45) is 5.73 Å². The molecular formula is C8H7BrNO. The van der Waals surface area contributed by atoms with E-state index in [1.165, 1.54) is 0 Å². The van der Waals surface area contributed by atoms with E-state index in [1.54, 1.807) is 12.1 Å². The summed E-state index contributed by atoms with van der Waals surface area (Å²) in [4.78, 5) is 10.2. The fraction of sp³-hybridized carbons (Fsp3) is 0. The number of rotatable bonds is 2. The molecule has 0 aliphatic carbocycles. The van der Waals surface area contributed by atoms with Gasteiger partial charge in [-0.05, 0) is 17.7 Å². The van der Waals surface area contributed by atoms with Gasteiger partial charge < -0.3 is 10.5 Å². The summed E-state index contributed by atoms with van der Waals surface area (Å²) in [5.41, 5.74) is 6.13. The van der Waals surface area contributed by atoms with Gasteiger partial charge in [-0.2, -0.15) is 0 Å². The molecule has 1 rings (SSSR count). The van der Waals surface area contributed by atoms with Gasteiger partial charge >= 0.3 is 0 Å². The molecule has 0 atom stereocenters. The standard InChI is InChI=1S/C8H7BrNO/c9-7-3-1-6(2-4-7)8(10)5-11/h1-5H,10H2. The van der Waals surface area contributed by atoms with Crippen LogP contribution in [0, 0.1) is 6.04 Å². The highest BCUT2D eigenvalue weighted by Gasteiger charge is 2.03. The van der Waals surface area contributed by atoms with Crippen LogP contribution >= 0.6 is 15.9 Å². The minimum absolute atomic E-state index is 0.262. The lowest BCUT2D eigenvalue weighted by atomic mass is 10.1. The third kappa shape index (κ3) is 2.13. The Labute approximate surface area is 73.5 Å². The van der Waals surface area contributed by atoms with Crippen molar-refractivity contribution in [1.29, 1.82) is 0 Å². The molecule has 0 spiro atoms. The summed E-state index contributed by atoms with van der Waals surface area (Å²) in [5.74, 6) is 0. The lowest BCUT2D eigenvalue weighted by molar-refractivity contribution is -0.106. The summed E-state index contributed by atoms with van der Waals surface area (Å²) in [7, 11) is 0. The Morgan fingerprint density at radius 3 is 2.36 bits per heavy atom. The number of hydrogen-bond acceptors (Lipinski definition) is 2. The average molecular weight is 213 g/mol. The van der Waals surface area contributed by atoms with Crippen LogP contribution in [0.1, 0.15) is 5.56 Å². The zero-order chi connectivity index (χ0) is 8.27. The van der Waals surface area contributed by atoms with Crippen molar-refractivity contribution in [2.75, 3.05) is 0 Å². The molecule has 2 nitrogen and oxygen atoms in total. The van der Waals surface area contributed by atoms with Crippen LogP contribution in [0.25, 0.3) is 0 Å². The smallest absolute Gasteiger partial charge is 0.147 e.